The van der Waals surface area contributed by atoms with Crippen LogP contribution in [0.3, 0.4) is 0 Å². The molecule has 3 atom stereocenters. The molecule has 1 aromatic carbocycles. The molecular formula is C16H25NO3. The molecule has 0 saturated heterocycles. The lowest BCUT2D eigenvalue weighted by Gasteiger charge is -2.54. The van der Waals surface area contributed by atoms with Crippen LogP contribution in [0.1, 0.15) is 33.6 Å². The van der Waals surface area contributed by atoms with Gasteiger partial charge in [0.05, 0.1) is 13.2 Å². The van der Waals surface area contributed by atoms with Crippen LogP contribution in [0.4, 0.5) is 5.69 Å². The van der Waals surface area contributed by atoms with Crippen LogP contribution in [0, 0.1) is 5.41 Å². The summed E-state index contributed by atoms with van der Waals surface area (Å²) in [7, 11) is 1.55. The van der Waals surface area contributed by atoms with E-state index in [0.717, 1.165) is 25.1 Å². The highest BCUT2D eigenvalue weighted by molar-refractivity contribution is 5.55. The van der Waals surface area contributed by atoms with Gasteiger partial charge in [-0.05, 0) is 31.9 Å². The van der Waals surface area contributed by atoms with E-state index in [0.29, 0.717) is 17.9 Å². The summed E-state index contributed by atoms with van der Waals surface area (Å²) >= 11 is 0. The zero-order valence-corrected chi connectivity index (χ0v) is 12.8. The Bertz CT molecular complexity index is 463. The SMILES string of the molecule is CCOC1CC(Nc2ccc(OC)c(O)c2)C1(C)CC. The van der Waals surface area contributed by atoms with E-state index >= 15 is 0 Å². The number of aromatic hydroxyl groups is 1. The fourth-order valence-electron chi connectivity index (χ4n) is 2.95. The Hall–Kier alpha value is -1.42. The van der Waals surface area contributed by atoms with Crippen molar-refractivity contribution in [2.45, 2.75) is 45.8 Å². The van der Waals surface area contributed by atoms with Crippen molar-refractivity contribution in [3.05, 3.63) is 18.2 Å². The number of anilines is 1. The summed E-state index contributed by atoms with van der Waals surface area (Å²) in [6.45, 7) is 7.26. The highest BCUT2D eigenvalue weighted by Crippen LogP contribution is 2.47. The van der Waals surface area contributed by atoms with Crippen molar-refractivity contribution in [2.24, 2.45) is 5.41 Å². The summed E-state index contributed by atoms with van der Waals surface area (Å²) in [6.07, 6.45) is 2.39. The maximum Gasteiger partial charge on any atom is 0.160 e. The quantitative estimate of drug-likeness (QED) is 0.838. The van der Waals surface area contributed by atoms with Crippen molar-refractivity contribution >= 4 is 5.69 Å². The Morgan fingerprint density at radius 3 is 2.70 bits per heavy atom. The van der Waals surface area contributed by atoms with Gasteiger partial charge in [-0.1, -0.05) is 13.8 Å². The largest absolute Gasteiger partial charge is 0.504 e. The van der Waals surface area contributed by atoms with Gasteiger partial charge < -0.3 is 19.9 Å². The van der Waals surface area contributed by atoms with Gasteiger partial charge in [0.1, 0.15) is 0 Å². The van der Waals surface area contributed by atoms with Gasteiger partial charge in [-0.3, -0.25) is 0 Å². The third-order valence-corrected chi connectivity index (χ3v) is 4.63. The molecular weight excluding hydrogens is 254 g/mol. The first kappa shape index (κ1) is 15.0. The van der Waals surface area contributed by atoms with E-state index in [1.807, 2.05) is 13.0 Å². The van der Waals surface area contributed by atoms with Gasteiger partial charge in [-0.25, -0.2) is 0 Å². The maximum absolute atomic E-state index is 9.83. The van der Waals surface area contributed by atoms with E-state index in [1.165, 1.54) is 0 Å². The molecule has 0 radical (unpaired) electrons. The number of methoxy groups -OCH3 is 1. The van der Waals surface area contributed by atoms with E-state index in [2.05, 4.69) is 19.2 Å². The second-order valence-corrected chi connectivity index (χ2v) is 5.62. The van der Waals surface area contributed by atoms with Gasteiger partial charge in [0, 0.05) is 29.8 Å². The van der Waals surface area contributed by atoms with Gasteiger partial charge >= 0.3 is 0 Å². The van der Waals surface area contributed by atoms with Crippen molar-refractivity contribution in [3.63, 3.8) is 0 Å². The lowest BCUT2D eigenvalue weighted by molar-refractivity contribution is -0.109. The second-order valence-electron chi connectivity index (χ2n) is 5.62. The van der Waals surface area contributed by atoms with E-state index in [-0.39, 0.29) is 11.2 Å². The van der Waals surface area contributed by atoms with Crippen LogP contribution in [0.5, 0.6) is 11.5 Å². The van der Waals surface area contributed by atoms with E-state index in [4.69, 9.17) is 9.47 Å². The van der Waals surface area contributed by atoms with Crippen molar-refractivity contribution < 1.29 is 14.6 Å². The summed E-state index contributed by atoms with van der Waals surface area (Å²) in [4.78, 5) is 0. The summed E-state index contributed by atoms with van der Waals surface area (Å²) in [5.74, 6) is 0.658. The van der Waals surface area contributed by atoms with Crippen LogP contribution in [0.25, 0.3) is 0 Å². The number of benzene rings is 1. The highest BCUT2D eigenvalue weighted by Gasteiger charge is 2.51. The molecule has 1 fully saturated rings. The minimum Gasteiger partial charge on any atom is -0.504 e. The molecule has 1 aliphatic rings. The molecule has 2 N–H and O–H groups in total. The molecule has 0 heterocycles. The van der Waals surface area contributed by atoms with Crippen molar-refractivity contribution in [3.8, 4) is 11.5 Å². The van der Waals surface area contributed by atoms with Crippen LogP contribution in [-0.2, 0) is 4.74 Å². The molecule has 0 spiro atoms. The molecule has 1 saturated carbocycles. The Balaban J connectivity index is 2.05. The Morgan fingerprint density at radius 1 is 1.40 bits per heavy atom. The van der Waals surface area contributed by atoms with E-state index in [9.17, 15) is 5.11 Å². The van der Waals surface area contributed by atoms with Crippen molar-refractivity contribution in [1.82, 2.24) is 0 Å². The molecule has 2 rings (SSSR count). The fourth-order valence-corrected chi connectivity index (χ4v) is 2.95. The van der Waals surface area contributed by atoms with E-state index < -0.39 is 0 Å². The average molecular weight is 279 g/mol. The first-order valence-electron chi connectivity index (χ1n) is 7.30. The topological polar surface area (TPSA) is 50.7 Å². The number of phenolic OH excluding ortho intramolecular Hbond substituents is 1. The second kappa shape index (κ2) is 5.92. The number of hydrogen-bond donors (Lipinski definition) is 2. The van der Waals surface area contributed by atoms with Crippen LogP contribution < -0.4 is 10.1 Å². The first-order valence-corrected chi connectivity index (χ1v) is 7.30. The smallest absolute Gasteiger partial charge is 0.160 e. The highest BCUT2D eigenvalue weighted by atomic mass is 16.5. The van der Waals surface area contributed by atoms with E-state index in [1.54, 1.807) is 19.2 Å². The molecule has 4 nitrogen and oxygen atoms in total. The predicted molar refractivity (Wildman–Crippen MR) is 80.5 cm³/mol. The standard InChI is InChI=1S/C16H25NO3/c1-5-16(3)14(10-15(16)20-6-2)17-11-7-8-13(19-4)12(18)9-11/h7-9,14-15,17-18H,5-6,10H2,1-4H3. The number of phenols is 1. The monoisotopic (exact) mass is 279 g/mol. The van der Waals surface area contributed by atoms with Gasteiger partial charge in [0.15, 0.2) is 11.5 Å². The first-order chi connectivity index (χ1) is 9.55. The minimum absolute atomic E-state index is 0.144. The molecule has 1 aliphatic carbocycles. The molecule has 0 amide bonds. The van der Waals surface area contributed by atoms with Crippen LogP contribution in [0.15, 0.2) is 18.2 Å². The van der Waals surface area contributed by atoms with Gasteiger partial charge in [0.25, 0.3) is 0 Å². The number of hydrogen-bond acceptors (Lipinski definition) is 4. The normalized spacial score (nSPS) is 28.8. The lowest BCUT2D eigenvalue weighted by atomic mass is 9.61. The lowest BCUT2D eigenvalue weighted by Crippen LogP contribution is -2.59. The average Bonchev–Trinajstić information content (AvgIpc) is 2.45. The van der Waals surface area contributed by atoms with Gasteiger partial charge in [-0.15, -0.1) is 0 Å². The predicted octanol–water partition coefficient (Wildman–Crippen LogP) is 3.41. The third kappa shape index (κ3) is 2.57. The van der Waals surface area contributed by atoms with Gasteiger partial charge in [-0.2, -0.15) is 0 Å². The fraction of sp³-hybridized carbons (Fsp3) is 0.625. The zero-order chi connectivity index (χ0) is 14.8. The molecule has 112 valence electrons. The number of ether oxygens (including phenoxy) is 2. The molecule has 20 heavy (non-hydrogen) atoms. The Labute approximate surface area is 121 Å². The maximum atomic E-state index is 9.83. The van der Waals surface area contributed by atoms with Crippen LogP contribution >= 0.6 is 0 Å². The molecule has 0 bridgehead atoms. The van der Waals surface area contributed by atoms with Gasteiger partial charge in [0.2, 0.25) is 0 Å². The van der Waals surface area contributed by atoms with Crippen LogP contribution in [-0.4, -0.2) is 31.0 Å². The Kier molecular flexibility index (Phi) is 4.43. The Morgan fingerprint density at radius 2 is 2.15 bits per heavy atom. The summed E-state index contributed by atoms with van der Waals surface area (Å²) in [5, 5.41) is 13.3. The number of rotatable bonds is 6. The summed E-state index contributed by atoms with van der Waals surface area (Å²) < 4.78 is 10.9. The molecule has 4 heteroatoms. The van der Waals surface area contributed by atoms with Crippen molar-refractivity contribution in [2.75, 3.05) is 19.0 Å². The molecule has 0 aliphatic heterocycles. The molecule has 3 unspecified atom stereocenters. The van der Waals surface area contributed by atoms with Crippen molar-refractivity contribution in [1.29, 1.82) is 0 Å². The summed E-state index contributed by atoms with van der Waals surface area (Å²) in [5.41, 5.74) is 1.06. The molecule has 1 aromatic rings. The zero-order valence-electron chi connectivity index (χ0n) is 12.8. The summed E-state index contributed by atoms with van der Waals surface area (Å²) in [6, 6.07) is 5.79. The minimum atomic E-state index is 0.144. The third-order valence-electron chi connectivity index (χ3n) is 4.63. The number of nitrogens with one attached hydrogen (secondary N) is 1. The molecule has 0 aromatic heterocycles. The van der Waals surface area contributed by atoms with Crippen LogP contribution in [0.2, 0.25) is 0 Å².